The first-order chi connectivity index (χ1) is 9.34. The third kappa shape index (κ3) is 5.61. The predicted octanol–water partition coefficient (Wildman–Crippen LogP) is 2.85. The van der Waals surface area contributed by atoms with Gasteiger partial charge in [0.1, 0.15) is 0 Å². The van der Waals surface area contributed by atoms with E-state index in [-0.39, 0.29) is 11.3 Å². The number of rotatable bonds is 7. The smallest absolute Gasteiger partial charge is 0.224 e. The minimum atomic E-state index is 0.0627. The fraction of sp³-hybridized carbons (Fsp3) is 0.562. The molecule has 0 unspecified atom stereocenters. The molecule has 4 heteroatoms. The molecular weight excluding hydrogens is 250 g/mol. The highest BCUT2D eigenvalue weighted by molar-refractivity contribution is 5.90. The second kappa shape index (κ2) is 7.29. The lowest BCUT2D eigenvalue weighted by molar-refractivity contribution is -0.116. The Morgan fingerprint density at radius 2 is 1.80 bits per heavy atom. The quantitative estimate of drug-likeness (QED) is 0.805. The van der Waals surface area contributed by atoms with E-state index in [1.54, 1.807) is 0 Å². The summed E-state index contributed by atoms with van der Waals surface area (Å²) in [6.07, 6.45) is 2.33. The van der Waals surface area contributed by atoms with Crippen LogP contribution in [0, 0.1) is 5.41 Å². The SMILES string of the molecule is CN(C)c1ccc(NC(=O)CCC(C)(C)CCN)cc1. The Kier molecular flexibility index (Phi) is 6.02. The van der Waals surface area contributed by atoms with Crippen molar-refractivity contribution < 1.29 is 4.79 Å². The van der Waals surface area contributed by atoms with Gasteiger partial charge in [-0.1, -0.05) is 13.8 Å². The molecule has 0 spiro atoms. The van der Waals surface area contributed by atoms with E-state index in [0.717, 1.165) is 24.2 Å². The van der Waals surface area contributed by atoms with Crippen LogP contribution in [0.25, 0.3) is 0 Å². The minimum Gasteiger partial charge on any atom is -0.378 e. The summed E-state index contributed by atoms with van der Waals surface area (Å²) in [6.45, 7) is 4.97. The molecular formula is C16H27N3O. The summed E-state index contributed by atoms with van der Waals surface area (Å²) in [7, 11) is 3.99. The molecule has 3 N–H and O–H groups in total. The molecule has 0 saturated carbocycles. The van der Waals surface area contributed by atoms with Crippen molar-refractivity contribution >= 4 is 17.3 Å². The summed E-state index contributed by atoms with van der Waals surface area (Å²) in [5.41, 5.74) is 7.67. The van der Waals surface area contributed by atoms with Crippen LogP contribution in [0.5, 0.6) is 0 Å². The summed E-state index contributed by atoms with van der Waals surface area (Å²) in [5, 5.41) is 2.93. The molecule has 0 aromatic heterocycles. The van der Waals surface area contributed by atoms with Gasteiger partial charge in [-0.2, -0.15) is 0 Å². The molecule has 20 heavy (non-hydrogen) atoms. The average Bonchev–Trinajstić information content (AvgIpc) is 2.37. The first-order valence-electron chi connectivity index (χ1n) is 7.11. The number of nitrogens with zero attached hydrogens (tertiary/aromatic N) is 1. The lowest BCUT2D eigenvalue weighted by atomic mass is 9.84. The van der Waals surface area contributed by atoms with Crippen LogP contribution in [0.4, 0.5) is 11.4 Å². The van der Waals surface area contributed by atoms with E-state index in [1.807, 2.05) is 43.3 Å². The minimum absolute atomic E-state index is 0.0627. The van der Waals surface area contributed by atoms with Crippen molar-refractivity contribution in [3.05, 3.63) is 24.3 Å². The van der Waals surface area contributed by atoms with Crippen molar-refractivity contribution in [3.63, 3.8) is 0 Å². The number of nitrogens with one attached hydrogen (secondary N) is 1. The average molecular weight is 277 g/mol. The number of hydrogen-bond donors (Lipinski definition) is 2. The zero-order valence-corrected chi connectivity index (χ0v) is 13.1. The molecule has 4 nitrogen and oxygen atoms in total. The van der Waals surface area contributed by atoms with Gasteiger partial charge in [-0.05, 0) is 49.1 Å². The summed E-state index contributed by atoms with van der Waals surface area (Å²) in [6, 6.07) is 7.85. The molecule has 0 heterocycles. The molecule has 0 aliphatic heterocycles. The van der Waals surface area contributed by atoms with Crippen LogP contribution < -0.4 is 16.0 Å². The molecule has 0 saturated heterocycles. The van der Waals surface area contributed by atoms with E-state index in [2.05, 4.69) is 19.2 Å². The third-order valence-corrected chi connectivity index (χ3v) is 3.52. The zero-order chi connectivity index (χ0) is 15.2. The van der Waals surface area contributed by atoms with Gasteiger partial charge < -0.3 is 16.0 Å². The van der Waals surface area contributed by atoms with Gasteiger partial charge in [-0.3, -0.25) is 4.79 Å². The molecule has 0 fully saturated rings. The number of anilines is 2. The normalized spacial score (nSPS) is 11.2. The highest BCUT2D eigenvalue weighted by Gasteiger charge is 2.18. The first kappa shape index (κ1) is 16.5. The largest absolute Gasteiger partial charge is 0.378 e. The van der Waals surface area contributed by atoms with Gasteiger partial charge in [-0.15, -0.1) is 0 Å². The van der Waals surface area contributed by atoms with Crippen LogP contribution in [-0.2, 0) is 4.79 Å². The van der Waals surface area contributed by atoms with Crippen LogP contribution in [0.2, 0.25) is 0 Å². The lowest BCUT2D eigenvalue weighted by Crippen LogP contribution is -2.20. The second-order valence-corrected chi connectivity index (χ2v) is 6.19. The number of nitrogens with two attached hydrogens (primary N) is 1. The van der Waals surface area contributed by atoms with Crippen molar-refractivity contribution in [2.75, 3.05) is 30.9 Å². The molecule has 0 atom stereocenters. The summed E-state index contributed by atoms with van der Waals surface area (Å²) in [4.78, 5) is 14.0. The van der Waals surface area contributed by atoms with Crippen LogP contribution in [0.3, 0.4) is 0 Å². The van der Waals surface area contributed by atoms with E-state index < -0.39 is 0 Å². The van der Waals surface area contributed by atoms with E-state index in [4.69, 9.17) is 5.73 Å². The van der Waals surface area contributed by atoms with Gasteiger partial charge >= 0.3 is 0 Å². The maximum atomic E-state index is 11.9. The zero-order valence-electron chi connectivity index (χ0n) is 13.1. The van der Waals surface area contributed by atoms with Crippen molar-refractivity contribution in [2.45, 2.75) is 33.1 Å². The first-order valence-corrected chi connectivity index (χ1v) is 7.11. The van der Waals surface area contributed by atoms with Gasteiger partial charge in [0.05, 0.1) is 0 Å². The Labute approximate surface area is 122 Å². The number of amides is 1. The lowest BCUT2D eigenvalue weighted by Gasteiger charge is -2.23. The van der Waals surface area contributed by atoms with Crippen molar-refractivity contribution in [1.29, 1.82) is 0 Å². The molecule has 1 aromatic carbocycles. The van der Waals surface area contributed by atoms with Crippen LogP contribution in [0.1, 0.15) is 33.1 Å². The fourth-order valence-corrected chi connectivity index (χ4v) is 2.03. The number of carbonyl (C=O) groups excluding carboxylic acids is 1. The molecule has 1 amide bonds. The highest BCUT2D eigenvalue weighted by Crippen LogP contribution is 2.26. The molecule has 0 aliphatic carbocycles. The van der Waals surface area contributed by atoms with Gasteiger partial charge in [0.15, 0.2) is 0 Å². The fourth-order valence-electron chi connectivity index (χ4n) is 2.03. The standard InChI is InChI=1S/C16H27N3O/c1-16(2,11-12-17)10-9-15(20)18-13-5-7-14(8-6-13)19(3)4/h5-8H,9-12,17H2,1-4H3,(H,18,20). The second-order valence-electron chi connectivity index (χ2n) is 6.19. The maximum absolute atomic E-state index is 11.9. The highest BCUT2D eigenvalue weighted by atomic mass is 16.1. The summed E-state index contributed by atoms with van der Waals surface area (Å²) in [5.74, 6) is 0.0627. The van der Waals surface area contributed by atoms with Crippen LogP contribution in [-0.4, -0.2) is 26.5 Å². The van der Waals surface area contributed by atoms with Crippen LogP contribution >= 0.6 is 0 Å². The van der Waals surface area contributed by atoms with E-state index in [1.165, 1.54) is 0 Å². The third-order valence-electron chi connectivity index (χ3n) is 3.52. The summed E-state index contributed by atoms with van der Waals surface area (Å²) >= 11 is 0. The van der Waals surface area contributed by atoms with Gasteiger partial charge in [0.25, 0.3) is 0 Å². The maximum Gasteiger partial charge on any atom is 0.224 e. The molecule has 0 aliphatic rings. The van der Waals surface area contributed by atoms with Crippen molar-refractivity contribution in [2.24, 2.45) is 11.1 Å². The topological polar surface area (TPSA) is 58.4 Å². The van der Waals surface area contributed by atoms with Crippen molar-refractivity contribution in [3.8, 4) is 0 Å². The Bertz CT molecular complexity index is 424. The number of benzene rings is 1. The van der Waals surface area contributed by atoms with Gasteiger partial charge in [-0.25, -0.2) is 0 Å². The van der Waals surface area contributed by atoms with E-state index >= 15 is 0 Å². The van der Waals surface area contributed by atoms with Crippen LogP contribution in [0.15, 0.2) is 24.3 Å². The Morgan fingerprint density at radius 1 is 1.20 bits per heavy atom. The molecule has 1 aromatic rings. The van der Waals surface area contributed by atoms with E-state index in [9.17, 15) is 4.79 Å². The van der Waals surface area contributed by atoms with Gasteiger partial charge in [0, 0.05) is 31.9 Å². The molecule has 0 bridgehead atoms. The van der Waals surface area contributed by atoms with E-state index in [0.29, 0.717) is 13.0 Å². The monoisotopic (exact) mass is 277 g/mol. The Hall–Kier alpha value is -1.55. The summed E-state index contributed by atoms with van der Waals surface area (Å²) < 4.78 is 0. The Balaban J connectivity index is 2.46. The van der Waals surface area contributed by atoms with Gasteiger partial charge in [0.2, 0.25) is 5.91 Å². The number of carbonyl (C=O) groups is 1. The Morgan fingerprint density at radius 3 is 2.30 bits per heavy atom. The molecule has 1 rings (SSSR count). The molecule has 112 valence electrons. The predicted molar refractivity (Wildman–Crippen MR) is 86.1 cm³/mol. The van der Waals surface area contributed by atoms with Crippen molar-refractivity contribution in [1.82, 2.24) is 0 Å². The molecule has 0 radical (unpaired) electrons. The number of hydrogen-bond acceptors (Lipinski definition) is 3.